The maximum absolute atomic E-state index is 13.5. The van der Waals surface area contributed by atoms with Crippen LogP contribution >= 0.6 is 0 Å². The highest BCUT2D eigenvalue weighted by molar-refractivity contribution is 7.97. The van der Waals surface area contributed by atoms with Crippen LogP contribution in [-0.4, -0.2) is 39.4 Å². The number of nitrogens with zero attached hydrogens (tertiary/aromatic N) is 2. The molecule has 2 aliphatic heterocycles. The number of hydrogen-bond donors (Lipinski definition) is 0. The van der Waals surface area contributed by atoms with Crippen molar-refractivity contribution in [2.45, 2.75) is 19.8 Å². The first-order chi connectivity index (χ1) is 13.4. The van der Waals surface area contributed by atoms with Gasteiger partial charge in [-0.05, 0) is 30.4 Å². The van der Waals surface area contributed by atoms with Crippen molar-refractivity contribution in [1.82, 2.24) is 4.90 Å². The summed E-state index contributed by atoms with van der Waals surface area (Å²) in [4.78, 5) is 15.1. The molecule has 6 heteroatoms. The topological polar surface area (TPSA) is 57.7 Å². The number of amides is 1. The quantitative estimate of drug-likeness (QED) is 0.781. The zero-order chi connectivity index (χ0) is 19.9. The van der Waals surface area contributed by atoms with E-state index >= 15 is 0 Å². The Balaban J connectivity index is 1.96. The van der Waals surface area contributed by atoms with Gasteiger partial charge in [0.1, 0.15) is 0 Å². The van der Waals surface area contributed by atoms with E-state index in [1.165, 1.54) is 11.4 Å². The lowest BCUT2D eigenvalue weighted by molar-refractivity contribution is -0.127. The molecule has 0 radical (unpaired) electrons. The molecule has 5 nitrogen and oxygen atoms in total. The van der Waals surface area contributed by atoms with Gasteiger partial charge in [-0.3, -0.25) is 9.10 Å². The van der Waals surface area contributed by atoms with Gasteiger partial charge in [-0.1, -0.05) is 55.5 Å². The molecule has 0 bridgehead atoms. The molecule has 2 aromatic carbocycles. The number of carbonyl (C=O) groups excluding carboxylic acids is 1. The van der Waals surface area contributed by atoms with Gasteiger partial charge in [-0.15, -0.1) is 0 Å². The Kier molecular flexibility index (Phi) is 4.75. The maximum atomic E-state index is 13.5. The van der Waals surface area contributed by atoms with Gasteiger partial charge in [-0.2, -0.15) is 0 Å². The normalized spacial score (nSPS) is 19.5. The first kappa shape index (κ1) is 18.7. The van der Waals surface area contributed by atoms with Gasteiger partial charge in [0.2, 0.25) is 0 Å². The van der Waals surface area contributed by atoms with Gasteiger partial charge >= 0.3 is 0 Å². The van der Waals surface area contributed by atoms with Crippen molar-refractivity contribution in [2.24, 2.45) is 5.92 Å². The fraction of sp³-hybridized carbons (Fsp3) is 0.318. The van der Waals surface area contributed by atoms with Crippen LogP contribution in [0.2, 0.25) is 0 Å². The van der Waals surface area contributed by atoms with Crippen molar-refractivity contribution in [3.63, 3.8) is 0 Å². The van der Waals surface area contributed by atoms with Crippen molar-refractivity contribution in [2.75, 3.05) is 24.4 Å². The molecule has 0 N–H and O–H groups in total. The zero-order valence-corrected chi connectivity index (χ0v) is 16.9. The molecule has 0 saturated carbocycles. The van der Waals surface area contributed by atoms with Crippen LogP contribution in [0.5, 0.6) is 0 Å². The summed E-state index contributed by atoms with van der Waals surface area (Å²) in [5.41, 5.74) is 2.59. The molecular weight excluding hydrogens is 372 g/mol. The fourth-order valence-electron chi connectivity index (χ4n) is 3.94. The Labute approximate surface area is 166 Å². The number of fused-ring (bicyclic) bond motifs is 1. The summed E-state index contributed by atoms with van der Waals surface area (Å²) in [6.45, 7) is 3.34. The van der Waals surface area contributed by atoms with Crippen molar-refractivity contribution in [3.05, 3.63) is 70.6 Å². The second-order valence-electron chi connectivity index (χ2n) is 7.53. The monoisotopic (exact) mass is 396 g/mol. The molecule has 0 atom stereocenters. The van der Waals surface area contributed by atoms with Crippen LogP contribution in [0, 0.1) is 5.92 Å². The van der Waals surface area contributed by atoms with Crippen LogP contribution in [0.1, 0.15) is 30.9 Å². The first-order valence-corrected chi connectivity index (χ1v) is 11.0. The van der Waals surface area contributed by atoms with Crippen LogP contribution in [0.15, 0.2) is 59.5 Å². The first-order valence-electron chi connectivity index (χ1n) is 9.58. The molecule has 2 aliphatic rings. The highest BCUT2D eigenvalue weighted by atomic mass is 32.2. The van der Waals surface area contributed by atoms with Gasteiger partial charge in [0, 0.05) is 31.3 Å². The van der Waals surface area contributed by atoms with Gasteiger partial charge in [-0.25, -0.2) is 8.42 Å². The summed E-state index contributed by atoms with van der Waals surface area (Å²) in [6, 6.07) is 16.7. The van der Waals surface area contributed by atoms with Crippen molar-refractivity contribution < 1.29 is 13.2 Å². The fourth-order valence-corrected chi connectivity index (χ4v) is 5.47. The lowest BCUT2D eigenvalue weighted by Gasteiger charge is -2.35. The van der Waals surface area contributed by atoms with E-state index < -0.39 is 15.9 Å². The number of para-hydroxylation sites is 1. The molecule has 0 unspecified atom stereocenters. The molecule has 1 amide bonds. The van der Waals surface area contributed by atoms with E-state index in [4.69, 9.17) is 0 Å². The van der Waals surface area contributed by atoms with E-state index in [0.717, 1.165) is 24.0 Å². The van der Waals surface area contributed by atoms with Gasteiger partial charge < -0.3 is 4.90 Å². The van der Waals surface area contributed by atoms with Crippen molar-refractivity contribution >= 4 is 27.2 Å². The number of carbonyl (C=O) groups is 1. The van der Waals surface area contributed by atoms with Gasteiger partial charge in [0.05, 0.1) is 5.69 Å². The minimum Gasteiger partial charge on any atom is -0.338 e. The largest absolute Gasteiger partial charge is 0.338 e. The highest BCUT2D eigenvalue weighted by Crippen LogP contribution is 2.42. The Morgan fingerprint density at radius 3 is 2.25 bits per heavy atom. The van der Waals surface area contributed by atoms with E-state index in [-0.39, 0.29) is 4.91 Å². The molecule has 2 heterocycles. The second-order valence-corrected chi connectivity index (χ2v) is 9.44. The Morgan fingerprint density at radius 1 is 0.964 bits per heavy atom. The summed E-state index contributed by atoms with van der Waals surface area (Å²) >= 11 is 0. The number of anilines is 1. The third kappa shape index (κ3) is 3.02. The van der Waals surface area contributed by atoms with Crippen molar-refractivity contribution in [1.29, 1.82) is 0 Å². The van der Waals surface area contributed by atoms with Crippen LogP contribution in [0.4, 0.5) is 5.69 Å². The molecule has 2 aromatic rings. The molecule has 0 spiro atoms. The van der Waals surface area contributed by atoms with Crippen LogP contribution < -0.4 is 4.31 Å². The predicted octanol–water partition coefficient (Wildman–Crippen LogP) is 3.48. The summed E-state index contributed by atoms with van der Waals surface area (Å²) in [5.74, 6) is 0.157. The number of likely N-dealkylation sites (tertiary alicyclic amines) is 1. The number of piperidine rings is 1. The molecule has 4 rings (SSSR count). The molecule has 146 valence electrons. The molecule has 28 heavy (non-hydrogen) atoms. The van der Waals surface area contributed by atoms with Crippen LogP contribution in [-0.2, 0) is 14.8 Å². The van der Waals surface area contributed by atoms with E-state index in [2.05, 4.69) is 6.92 Å². The molecule has 1 saturated heterocycles. The SMILES string of the molecule is CC1CCN(C(=O)C2=C(c3ccccc3)c3ccccc3N(C)S2(=O)=O)CC1. The van der Waals surface area contributed by atoms with E-state index in [1.54, 1.807) is 11.0 Å². The summed E-state index contributed by atoms with van der Waals surface area (Å²) in [7, 11) is -2.44. The average molecular weight is 397 g/mol. The summed E-state index contributed by atoms with van der Waals surface area (Å²) in [5, 5.41) is 0. The Hall–Kier alpha value is -2.60. The van der Waals surface area contributed by atoms with Crippen molar-refractivity contribution in [3.8, 4) is 0 Å². The third-order valence-corrected chi connectivity index (χ3v) is 7.50. The predicted molar refractivity (Wildman–Crippen MR) is 111 cm³/mol. The minimum atomic E-state index is -3.95. The number of benzene rings is 2. The average Bonchev–Trinajstić information content (AvgIpc) is 2.71. The van der Waals surface area contributed by atoms with E-state index in [9.17, 15) is 13.2 Å². The summed E-state index contributed by atoms with van der Waals surface area (Å²) < 4.78 is 28.1. The summed E-state index contributed by atoms with van der Waals surface area (Å²) in [6.07, 6.45) is 1.79. The molecule has 0 aliphatic carbocycles. The number of sulfonamides is 1. The minimum absolute atomic E-state index is 0.116. The van der Waals surface area contributed by atoms with Crippen LogP contribution in [0.3, 0.4) is 0 Å². The van der Waals surface area contributed by atoms with E-state index in [0.29, 0.717) is 30.3 Å². The number of hydrogen-bond acceptors (Lipinski definition) is 3. The molecule has 1 fully saturated rings. The third-order valence-electron chi connectivity index (χ3n) is 5.69. The van der Waals surface area contributed by atoms with E-state index in [1.807, 2.05) is 48.5 Å². The van der Waals surface area contributed by atoms with Crippen LogP contribution in [0.25, 0.3) is 5.57 Å². The Bertz CT molecular complexity index is 1040. The smallest absolute Gasteiger partial charge is 0.270 e. The highest BCUT2D eigenvalue weighted by Gasteiger charge is 2.41. The van der Waals surface area contributed by atoms with Gasteiger partial charge in [0.25, 0.3) is 15.9 Å². The molecule has 0 aromatic heterocycles. The Morgan fingerprint density at radius 2 is 1.57 bits per heavy atom. The van der Waals surface area contributed by atoms with Gasteiger partial charge in [0.15, 0.2) is 4.91 Å². The standard InChI is InChI=1S/C22H24N2O3S/c1-16-12-14-24(15-13-16)22(25)21-20(17-8-4-3-5-9-17)18-10-6-7-11-19(18)23(2)28(21,26)27/h3-11,16H,12-15H2,1-2H3. The maximum Gasteiger partial charge on any atom is 0.270 e. The lowest BCUT2D eigenvalue weighted by Crippen LogP contribution is -2.44. The second kappa shape index (κ2) is 7.09. The lowest BCUT2D eigenvalue weighted by atomic mass is 9.94. The molecular formula is C22H24N2O3S. The zero-order valence-electron chi connectivity index (χ0n) is 16.1. The number of rotatable bonds is 2.